The Morgan fingerprint density at radius 1 is 1.16 bits per heavy atom. The molecule has 0 unspecified atom stereocenters. The third-order valence-corrected chi connectivity index (χ3v) is 5.23. The van der Waals surface area contributed by atoms with E-state index in [4.69, 9.17) is 9.47 Å². The molecule has 3 rings (SSSR count). The molecule has 0 aromatic heterocycles. The molecule has 1 aliphatic rings. The first-order valence-corrected chi connectivity index (χ1v) is 10.3. The van der Waals surface area contributed by atoms with E-state index >= 15 is 0 Å². The molecule has 1 saturated heterocycles. The van der Waals surface area contributed by atoms with Crippen LogP contribution in [0, 0.1) is 5.82 Å². The van der Waals surface area contributed by atoms with Gasteiger partial charge in [-0.3, -0.25) is 4.79 Å². The van der Waals surface area contributed by atoms with Crippen molar-refractivity contribution in [2.75, 3.05) is 25.5 Å². The van der Waals surface area contributed by atoms with E-state index in [1.54, 1.807) is 18.9 Å². The molecule has 1 aliphatic heterocycles. The van der Waals surface area contributed by atoms with Gasteiger partial charge in [0, 0.05) is 24.8 Å². The molecule has 0 spiro atoms. The molecule has 3 amide bonds. The summed E-state index contributed by atoms with van der Waals surface area (Å²) in [6.45, 7) is 3.18. The van der Waals surface area contributed by atoms with E-state index in [2.05, 4.69) is 10.6 Å². The Morgan fingerprint density at radius 3 is 2.55 bits per heavy atom. The molecule has 7 nitrogen and oxygen atoms in total. The van der Waals surface area contributed by atoms with E-state index < -0.39 is 6.10 Å². The molecule has 2 aromatic carbocycles. The molecule has 0 bridgehead atoms. The molecule has 2 aromatic rings. The summed E-state index contributed by atoms with van der Waals surface area (Å²) in [7, 11) is 1.61. The van der Waals surface area contributed by atoms with Gasteiger partial charge in [0.1, 0.15) is 17.7 Å². The number of carbonyl (C=O) groups excluding carboxylic acids is 2. The van der Waals surface area contributed by atoms with Gasteiger partial charge in [-0.25, -0.2) is 9.18 Å². The van der Waals surface area contributed by atoms with Crippen molar-refractivity contribution in [3.05, 3.63) is 59.9 Å². The molecular formula is C23H28FN3O4. The molecule has 0 radical (unpaired) electrons. The Balaban J connectivity index is 1.40. The number of rotatable bonds is 7. The van der Waals surface area contributed by atoms with Crippen LogP contribution in [0.15, 0.2) is 48.5 Å². The van der Waals surface area contributed by atoms with Crippen LogP contribution in [0.5, 0.6) is 5.75 Å². The van der Waals surface area contributed by atoms with Gasteiger partial charge >= 0.3 is 6.03 Å². The molecule has 8 heteroatoms. The minimum absolute atomic E-state index is 0.0301. The maximum atomic E-state index is 12.9. The SMILES string of the molecule is COc1cccc(CO[C@H](C)C(=O)N2CCC(NC(=O)Nc3ccc(F)cc3)CC2)c1. The summed E-state index contributed by atoms with van der Waals surface area (Å²) >= 11 is 0. The highest BCUT2D eigenvalue weighted by molar-refractivity contribution is 5.89. The number of hydrogen-bond acceptors (Lipinski definition) is 4. The fraction of sp³-hybridized carbons (Fsp3) is 0.391. The van der Waals surface area contributed by atoms with Gasteiger partial charge < -0.3 is 25.0 Å². The summed E-state index contributed by atoms with van der Waals surface area (Å²) in [6, 6.07) is 12.8. The second-order valence-electron chi connectivity index (χ2n) is 7.51. The second-order valence-corrected chi connectivity index (χ2v) is 7.51. The van der Waals surface area contributed by atoms with Crippen molar-refractivity contribution in [3.8, 4) is 5.75 Å². The lowest BCUT2D eigenvalue weighted by Gasteiger charge is -2.33. The number of amides is 3. The topological polar surface area (TPSA) is 79.9 Å². The van der Waals surface area contributed by atoms with E-state index in [1.807, 2.05) is 24.3 Å². The van der Waals surface area contributed by atoms with E-state index in [1.165, 1.54) is 24.3 Å². The van der Waals surface area contributed by atoms with Crippen molar-refractivity contribution in [1.82, 2.24) is 10.2 Å². The molecular weight excluding hydrogens is 401 g/mol. The van der Waals surface area contributed by atoms with Gasteiger partial charge in [0.05, 0.1) is 13.7 Å². The van der Waals surface area contributed by atoms with Crippen LogP contribution in [0.3, 0.4) is 0 Å². The highest BCUT2D eigenvalue weighted by atomic mass is 19.1. The van der Waals surface area contributed by atoms with Gasteiger partial charge in [0.25, 0.3) is 5.91 Å². The molecule has 1 atom stereocenters. The highest BCUT2D eigenvalue weighted by Crippen LogP contribution is 2.16. The minimum Gasteiger partial charge on any atom is -0.497 e. The second kappa shape index (κ2) is 10.8. The first-order chi connectivity index (χ1) is 14.9. The van der Waals surface area contributed by atoms with Crippen molar-refractivity contribution >= 4 is 17.6 Å². The number of benzene rings is 2. The monoisotopic (exact) mass is 429 g/mol. The number of ether oxygens (including phenoxy) is 2. The number of likely N-dealkylation sites (tertiary alicyclic amines) is 1. The number of nitrogens with one attached hydrogen (secondary N) is 2. The lowest BCUT2D eigenvalue weighted by Crippen LogP contribution is -2.49. The zero-order valence-corrected chi connectivity index (χ0v) is 17.8. The Hall–Kier alpha value is -3.13. The van der Waals surface area contributed by atoms with Gasteiger partial charge in [-0.15, -0.1) is 0 Å². The number of urea groups is 1. The van der Waals surface area contributed by atoms with Crippen LogP contribution in [0.25, 0.3) is 0 Å². The number of anilines is 1. The van der Waals surface area contributed by atoms with Crippen LogP contribution in [-0.2, 0) is 16.1 Å². The van der Waals surface area contributed by atoms with Crippen molar-refractivity contribution < 1.29 is 23.5 Å². The van der Waals surface area contributed by atoms with Gasteiger partial charge in [-0.05, 0) is 61.7 Å². The number of halogens is 1. The zero-order chi connectivity index (χ0) is 22.2. The van der Waals surface area contributed by atoms with E-state index in [9.17, 15) is 14.0 Å². The molecule has 166 valence electrons. The number of nitrogens with zero attached hydrogens (tertiary/aromatic N) is 1. The van der Waals surface area contributed by atoms with E-state index in [0.717, 1.165) is 11.3 Å². The highest BCUT2D eigenvalue weighted by Gasteiger charge is 2.27. The average Bonchev–Trinajstić information content (AvgIpc) is 2.79. The summed E-state index contributed by atoms with van der Waals surface area (Å²) in [5, 5.41) is 5.59. The van der Waals surface area contributed by atoms with Crippen molar-refractivity contribution in [1.29, 1.82) is 0 Å². The van der Waals surface area contributed by atoms with Crippen molar-refractivity contribution in [2.24, 2.45) is 0 Å². The smallest absolute Gasteiger partial charge is 0.319 e. The molecule has 2 N–H and O–H groups in total. The van der Waals surface area contributed by atoms with Gasteiger partial charge in [0.15, 0.2) is 0 Å². The van der Waals surface area contributed by atoms with Gasteiger partial charge in [0.2, 0.25) is 0 Å². The summed E-state index contributed by atoms with van der Waals surface area (Å²) in [5.41, 5.74) is 1.46. The van der Waals surface area contributed by atoms with Crippen LogP contribution in [0.4, 0.5) is 14.9 Å². The third-order valence-electron chi connectivity index (χ3n) is 5.23. The number of carbonyl (C=O) groups is 2. The average molecular weight is 429 g/mol. The zero-order valence-electron chi connectivity index (χ0n) is 17.8. The Bertz CT molecular complexity index is 883. The predicted octanol–water partition coefficient (Wildman–Crippen LogP) is 3.55. The fourth-order valence-corrected chi connectivity index (χ4v) is 3.44. The predicted molar refractivity (Wildman–Crippen MR) is 115 cm³/mol. The molecule has 0 saturated carbocycles. The van der Waals surface area contributed by atoms with E-state index in [0.29, 0.717) is 38.2 Å². The first-order valence-electron chi connectivity index (χ1n) is 10.3. The Labute approximate surface area is 181 Å². The van der Waals surface area contributed by atoms with Crippen LogP contribution >= 0.6 is 0 Å². The normalized spacial score (nSPS) is 15.3. The fourth-order valence-electron chi connectivity index (χ4n) is 3.44. The molecule has 0 aliphatic carbocycles. The summed E-state index contributed by atoms with van der Waals surface area (Å²) in [4.78, 5) is 26.6. The van der Waals surface area contributed by atoms with E-state index in [-0.39, 0.29) is 23.8 Å². The summed E-state index contributed by atoms with van der Waals surface area (Å²) in [6.07, 6.45) is 0.758. The quantitative estimate of drug-likeness (QED) is 0.706. The molecule has 31 heavy (non-hydrogen) atoms. The van der Waals surface area contributed by atoms with Crippen LogP contribution in [-0.4, -0.2) is 49.2 Å². The Kier molecular flexibility index (Phi) is 7.83. The minimum atomic E-state index is -0.558. The van der Waals surface area contributed by atoms with Crippen molar-refractivity contribution in [3.63, 3.8) is 0 Å². The third kappa shape index (κ3) is 6.68. The van der Waals surface area contributed by atoms with Crippen LogP contribution in [0.1, 0.15) is 25.3 Å². The van der Waals surface area contributed by atoms with Crippen molar-refractivity contribution in [2.45, 2.75) is 38.5 Å². The number of hydrogen-bond donors (Lipinski definition) is 2. The lowest BCUT2D eigenvalue weighted by atomic mass is 10.0. The molecule has 1 fully saturated rings. The summed E-state index contributed by atoms with van der Waals surface area (Å²) in [5.74, 6) is 0.333. The first kappa shape index (κ1) is 22.6. The van der Waals surface area contributed by atoms with Gasteiger partial charge in [-0.2, -0.15) is 0 Å². The largest absolute Gasteiger partial charge is 0.497 e. The maximum absolute atomic E-state index is 12.9. The molecule has 1 heterocycles. The standard InChI is InChI=1S/C23H28FN3O4/c1-16(31-15-17-4-3-5-21(14-17)30-2)22(28)27-12-10-20(11-13-27)26-23(29)25-19-8-6-18(24)7-9-19/h3-9,14,16,20H,10-13,15H2,1-2H3,(H2,25,26,29)/t16-/m1/s1. The number of piperidine rings is 1. The Morgan fingerprint density at radius 2 is 1.87 bits per heavy atom. The summed E-state index contributed by atoms with van der Waals surface area (Å²) < 4.78 is 23.9. The van der Waals surface area contributed by atoms with Gasteiger partial charge in [-0.1, -0.05) is 12.1 Å². The van der Waals surface area contributed by atoms with Crippen LogP contribution in [0.2, 0.25) is 0 Å². The lowest BCUT2D eigenvalue weighted by molar-refractivity contribution is -0.144. The maximum Gasteiger partial charge on any atom is 0.319 e. The van der Waals surface area contributed by atoms with Crippen LogP contribution < -0.4 is 15.4 Å². The number of methoxy groups -OCH3 is 1.